The highest BCUT2D eigenvalue weighted by Crippen LogP contribution is 2.46. The molecule has 0 unspecified atom stereocenters. The fraction of sp³-hybridized carbons (Fsp3) is 0. The van der Waals surface area contributed by atoms with Gasteiger partial charge >= 0.3 is 0 Å². The van der Waals surface area contributed by atoms with Crippen molar-refractivity contribution in [3.05, 3.63) is 194 Å². The monoisotopic (exact) mass is 608 g/mol. The zero-order valence-corrected chi connectivity index (χ0v) is 26.5. The van der Waals surface area contributed by atoms with Crippen molar-refractivity contribution in [2.45, 2.75) is 0 Å². The minimum absolute atomic E-state index is 1.21. The lowest BCUT2D eigenvalue weighted by atomic mass is 9.84. The molecule has 0 heterocycles. The number of fused-ring (bicyclic) bond motifs is 3. The van der Waals surface area contributed by atoms with Gasteiger partial charge in [0, 0.05) is 0 Å². The summed E-state index contributed by atoms with van der Waals surface area (Å²) >= 11 is 0. The first-order chi connectivity index (χ1) is 23.8. The van der Waals surface area contributed by atoms with Crippen LogP contribution in [-0.4, -0.2) is 0 Å². The summed E-state index contributed by atoms with van der Waals surface area (Å²) in [4.78, 5) is 0. The third-order valence-electron chi connectivity index (χ3n) is 9.71. The first-order valence-electron chi connectivity index (χ1n) is 16.6. The Labute approximate surface area is 281 Å². The molecule has 0 atom stereocenters. The third kappa shape index (κ3) is 4.78. The van der Waals surface area contributed by atoms with Crippen LogP contribution in [0.3, 0.4) is 0 Å². The summed E-state index contributed by atoms with van der Waals surface area (Å²) in [7, 11) is 0. The molecule has 0 bridgehead atoms. The van der Waals surface area contributed by atoms with Gasteiger partial charge in [0.15, 0.2) is 0 Å². The summed E-state index contributed by atoms with van der Waals surface area (Å²) in [5.74, 6) is 0. The fourth-order valence-corrected chi connectivity index (χ4v) is 7.45. The summed E-state index contributed by atoms with van der Waals surface area (Å²) in [5, 5.41) is 7.63. The van der Waals surface area contributed by atoms with Crippen LogP contribution in [0.15, 0.2) is 194 Å². The Morgan fingerprint density at radius 2 is 0.583 bits per heavy atom. The molecule has 0 amide bonds. The smallest absolute Gasteiger partial charge is 0.00201 e. The molecule has 0 nitrogen and oxygen atoms in total. The topological polar surface area (TPSA) is 0 Å². The van der Waals surface area contributed by atoms with Gasteiger partial charge < -0.3 is 0 Å². The maximum absolute atomic E-state index is 2.28. The standard InChI is InChI=1S/C48H32/c1-2-14-38(15-3-1)47-43-20-8-10-22-45(43)48(46-23-11-9-21-44(46)47)42-19-7-6-18-41(42)37-31-27-34(28-32-37)33-25-29-36(30-26-33)40-24-12-16-35-13-4-5-17-39(35)40/h1-32H. The molecule has 224 valence electrons. The second kappa shape index (κ2) is 11.8. The first kappa shape index (κ1) is 28.0. The quantitative estimate of drug-likeness (QED) is 0.171. The van der Waals surface area contributed by atoms with Gasteiger partial charge in [-0.1, -0.05) is 194 Å². The zero-order valence-electron chi connectivity index (χ0n) is 26.5. The Hall–Kier alpha value is -6.24. The van der Waals surface area contributed by atoms with Crippen LogP contribution < -0.4 is 0 Å². The van der Waals surface area contributed by atoms with Crippen LogP contribution in [0.25, 0.3) is 88.0 Å². The molecular formula is C48H32. The molecule has 0 fully saturated rings. The van der Waals surface area contributed by atoms with Crippen molar-refractivity contribution in [2.24, 2.45) is 0 Å². The van der Waals surface area contributed by atoms with Crippen LogP contribution in [0.4, 0.5) is 0 Å². The number of hydrogen-bond acceptors (Lipinski definition) is 0. The summed E-state index contributed by atoms with van der Waals surface area (Å²) < 4.78 is 0. The van der Waals surface area contributed by atoms with Crippen molar-refractivity contribution in [3.8, 4) is 55.6 Å². The summed E-state index contributed by atoms with van der Waals surface area (Å²) in [6.07, 6.45) is 0. The van der Waals surface area contributed by atoms with Crippen molar-refractivity contribution >= 4 is 32.3 Å². The van der Waals surface area contributed by atoms with E-state index in [0.717, 1.165) is 0 Å². The van der Waals surface area contributed by atoms with E-state index in [1.807, 2.05) is 0 Å². The fourth-order valence-electron chi connectivity index (χ4n) is 7.45. The Kier molecular flexibility index (Phi) is 6.91. The first-order valence-corrected chi connectivity index (χ1v) is 16.6. The summed E-state index contributed by atoms with van der Waals surface area (Å²) in [6, 6.07) is 70.6. The number of benzene rings is 9. The Bertz CT molecular complexity index is 2510. The Balaban J connectivity index is 1.13. The molecule has 0 aliphatic carbocycles. The Morgan fingerprint density at radius 1 is 0.188 bits per heavy atom. The van der Waals surface area contributed by atoms with Crippen molar-refractivity contribution in [1.29, 1.82) is 0 Å². The van der Waals surface area contributed by atoms with Crippen molar-refractivity contribution in [3.63, 3.8) is 0 Å². The normalized spacial score (nSPS) is 11.3. The predicted molar refractivity (Wildman–Crippen MR) is 206 cm³/mol. The van der Waals surface area contributed by atoms with Crippen molar-refractivity contribution < 1.29 is 0 Å². The second-order valence-electron chi connectivity index (χ2n) is 12.4. The van der Waals surface area contributed by atoms with Crippen LogP contribution in [0.2, 0.25) is 0 Å². The molecule has 0 saturated carbocycles. The van der Waals surface area contributed by atoms with Crippen LogP contribution in [0, 0.1) is 0 Å². The number of rotatable bonds is 5. The van der Waals surface area contributed by atoms with Crippen molar-refractivity contribution in [1.82, 2.24) is 0 Å². The maximum atomic E-state index is 2.28. The van der Waals surface area contributed by atoms with Gasteiger partial charge in [0.25, 0.3) is 0 Å². The zero-order chi connectivity index (χ0) is 31.9. The second-order valence-corrected chi connectivity index (χ2v) is 12.4. The lowest BCUT2D eigenvalue weighted by Crippen LogP contribution is -1.92. The molecule has 0 heteroatoms. The van der Waals surface area contributed by atoms with Gasteiger partial charge in [-0.25, -0.2) is 0 Å². The molecule has 0 N–H and O–H groups in total. The highest BCUT2D eigenvalue weighted by atomic mass is 14.2. The van der Waals surface area contributed by atoms with Crippen LogP contribution in [0.5, 0.6) is 0 Å². The largest absolute Gasteiger partial charge is 0.0622 e. The van der Waals surface area contributed by atoms with E-state index in [4.69, 9.17) is 0 Å². The SMILES string of the molecule is c1ccc(-c2c3ccccc3c(-c3ccccc3-c3ccc(-c4ccc(-c5cccc6ccccc56)cc4)cc3)c3ccccc23)cc1. The highest BCUT2D eigenvalue weighted by molar-refractivity contribution is 6.22. The van der Waals surface area contributed by atoms with Crippen molar-refractivity contribution in [2.75, 3.05) is 0 Å². The van der Waals surface area contributed by atoms with Gasteiger partial charge in [-0.3, -0.25) is 0 Å². The van der Waals surface area contributed by atoms with E-state index in [1.165, 1.54) is 88.0 Å². The summed E-state index contributed by atoms with van der Waals surface area (Å²) in [5.41, 5.74) is 12.4. The van der Waals surface area contributed by atoms with E-state index < -0.39 is 0 Å². The Morgan fingerprint density at radius 3 is 1.19 bits per heavy atom. The van der Waals surface area contributed by atoms with Gasteiger partial charge in [-0.2, -0.15) is 0 Å². The lowest BCUT2D eigenvalue weighted by Gasteiger charge is -2.19. The molecule has 9 aromatic carbocycles. The van der Waals surface area contributed by atoms with E-state index in [9.17, 15) is 0 Å². The van der Waals surface area contributed by atoms with Gasteiger partial charge in [-0.05, 0) is 88.0 Å². The molecule has 0 spiro atoms. The molecule has 48 heavy (non-hydrogen) atoms. The molecule has 9 rings (SSSR count). The van der Waals surface area contributed by atoms with E-state index in [-0.39, 0.29) is 0 Å². The minimum atomic E-state index is 1.21. The van der Waals surface area contributed by atoms with E-state index >= 15 is 0 Å². The highest BCUT2D eigenvalue weighted by Gasteiger charge is 2.18. The molecule has 9 aromatic rings. The lowest BCUT2D eigenvalue weighted by molar-refractivity contribution is 1.58. The van der Waals surface area contributed by atoms with E-state index in [1.54, 1.807) is 0 Å². The average Bonchev–Trinajstić information content (AvgIpc) is 3.17. The molecule has 0 aliphatic rings. The molecule has 0 aliphatic heterocycles. The average molecular weight is 609 g/mol. The minimum Gasteiger partial charge on any atom is -0.0622 e. The van der Waals surface area contributed by atoms with Gasteiger partial charge in [0.2, 0.25) is 0 Å². The van der Waals surface area contributed by atoms with Gasteiger partial charge in [-0.15, -0.1) is 0 Å². The van der Waals surface area contributed by atoms with Crippen LogP contribution in [-0.2, 0) is 0 Å². The number of hydrogen-bond donors (Lipinski definition) is 0. The van der Waals surface area contributed by atoms with Gasteiger partial charge in [0.05, 0.1) is 0 Å². The molecule has 0 radical (unpaired) electrons. The molecule has 0 aromatic heterocycles. The van der Waals surface area contributed by atoms with E-state index in [2.05, 4.69) is 194 Å². The van der Waals surface area contributed by atoms with Crippen LogP contribution in [0.1, 0.15) is 0 Å². The predicted octanol–water partition coefficient (Wildman–Crippen LogP) is 13.5. The maximum Gasteiger partial charge on any atom is -0.00201 e. The summed E-state index contributed by atoms with van der Waals surface area (Å²) in [6.45, 7) is 0. The third-order valence-corrected chi connectivity index (χ3v) is 9.71. The van der Waals surface area contributed by atoms with Crippen LogP contribution >= 0.6 is 0 Å². The van der Waals surface area contributed by atoms with Gasteiger partial charge in [0.1, 0.15) is 0 Å². The molecule has 0 saturated heterocycles. The van der Waals surface area contributed by atoms with E-state index in [0.29, 0.717) is 0 Å². The molecular weight excluding hydrogens is 577 g/mol.